The highest BCUT2D eigenvalue weighted by Crippen LogP contribution is 2.14. The normalized spacial score (nSPS) is 13.8. The molecule has 1 unspecified atom stereocenters. The Balaban J connectivity index is 2.68. The third kappa shape index (κ3) is 4.14. The molecule has 0 aliphatic carbocycles. The Morgan fingerprint density at radius 2 is 2.18 bits per heavy atom. The molecule has 0 aliphatic rings. The fourth-order valence-corrected chi connectivity index (χ4v) is 2.73. The summed E-state index contributed by atoms with van der Waals surface area (Å²) in [4.78, 5) is 0. The minimum absolute atomic E-state index is 0.0682. The van der Waals surface area contributed by atoms with E-state index in [2.05, 4.69) is 11.6 Å². The van der Waals surface area contributed by atoms with E-state index < -0.39 is 10.0 Å². The summed E-state index contributed by atoms with van der Waals surface area (Å²) in [6.07, 6.45) is 2.86. The molecule has 1 rings (SSSR count). The molecule has 0 radical (unpaired) electrons. The summed E-state index contributed by atoms with van der Waals surface area (Å²) in [6.45, 7) is 4.11. The standard InChI is InChI=1S/C11H20N2O3S/c1-3-4-5-9(2)13-17(14,15)11-7-6-10(8-12)16-11/h6-7,9,13H,3-5,8,12H2,1-2H3. The van der Waals surface area contributed by atoms with Crippen molar-refractivity contribution in [1.29, 1.82) is 0 Å². The van der Waals surface area contributed by atoms with Crippen molar-refractivity contribution < 1.29 is 12.8 Å². The van der Waals surface area contributed by atoms with Gasteiger partial charge in [0.1, 0.15) is 5.76 Å². The van der Waals surface area contributed by atoms with E-state index in [-0.39, 0.29) is 17.7 Å². The van der Waals surface area contributed by atoms with Gasteiger partial charge in [-0.1, -0.05) is 19.8 Å². The maximum Gasteiger partial charge on any atom is 0.274 e. The summed E-state index contributed by atoms with van der Waals surface area (Å²) < 4.78 is 31.5. The van der Waals surface area contributed by atoms with Crippen LogP contribution in [0.4, 0.5) is 0 Å². The van der Waals surface area contributed by atoms with Crippen LogP contribution in [0.1, 0.15) is 38.9 Å². The Labute approximate surface area is 102 Å². The van der Waals surface area contributed by atoms with Gasteiger partial charge in [0.2, 0.25) is 5.09 Å². The molecular weight excluding hydrogens is 240 g/mol. The zero-order chi connectivity index (χ0) is 12.9. The van der Waals surface area contributed by atoms with Gasteiger partial charge in [-0.2, -0.15) is 0 Å². The molecule has 0 amide bonds. The Hall–Kier alpha value is -0.850. The molecule has 0 bridgehead atoms. The van der Waals surface area contributed by atoms with E-state index in [0.29, 0.717) is 5.76 Å². The van der Waals surface area contributed by atoms with Crippen LogP contribution >= 0.6 is 0 Å². The Morgan fingerprint density at radius 1 is 1.47 bits per heavy atom. The molecule has 0 aliphatic heterocycles. The SMILES string of the molecule is CCCCC(C)NS(=O)(=O)c1ccc(CN)o1. The van der Waals surface area contributed by atoms with Crippen LogP contribution in [-0.4, -0.2) is 14.5 Å². The molecule has 1 aromatic heterocycles. The van der Waals surface area contributed by atoms with E-state index in [1.807, 2.05) is 6.92 Å². The molecule has 17 heavy (non-hydrogen) atoms. The zero-order valence-corrected chi connectivity index (χ0v) is 11.1. The van der Waals surface area contributed by atoms with Crippen LogP contribution in [0.3, 0.4) is 0 Å². The van der Waals surface area contributed by atoms with Gasteiger partial charge in [-0.25, -0.2) is 13.1 Å². The first-order valence-electron chi connectivity index (χ1n) is 5.80. The lowest BCUT2D eigenvalue weighted by Gasteiger charge is -2.12. The highest BCUT2D eigenvalue weighted by molar-refractivity contribution is 7.89. The fourth-order valence-electron chi connectivity index (χ4n) is 1.50. The van der Waals surface area contributed by atoms with Gasteiger partial charge >= 0.3 is 0 Å². The van der Waals surface area contributed by atoms with Crippen molar-refractivity contribution >= 4 is 10.0 Å². The lowest BCUT2D eigenvalue weighted by atomic mass is 10.2. The van der Waals surface area contributed by atoms with Crippen LogP contribution in [-0.2, 0) is 16.6 Å². The molecular formula is C11H20N2O3S. The van der Waals surface area contributed by atoms with Crippen LogP contribution < -0.4 is 10.5 Å². The first-order chi connectivity index (χ1) is 7.99. The highest BCUT2D eigenvalue weighted by Gasteiger charge is 2.20. The summed E-state index contributed by atoms with van der Waals surface area (Å²) >= 11 is 0. The number of nitrogens with one attached hydrogen (secondary N) is 1. The van der Waals surface area contributed by atoms with Gasteiger partial charge in [0.05, 0.1) is 6.54 Å². The Bertz CT molecular complexity index is 439. The predicted molar refractivity (Wildman–Crippen MR) is 65.9 cm³/mol. The minimum Gasteiger partial charge on any atom is -0.447 e. The number of rotatable bonds is 7. The smallest absolute Gasteiger partial charge is 0.274 e. The molecule has 6 heteroatoms. The molecule has 98 valence electrons. The number of furan rings is 1. The third-order valence-electron chi connectivity index (χ3n) is 2.45. The van der Waals surface area contributed by atoms with Gasteiger partial charge in [-0.3, -0.25) is 0 Å². The second-order valence-corrected chi connectivity index (χ2v) is 5.73. The lowest BCUT2D eigenvalue weighted by Crippen LogP contribution is -2.32. The second-order valence-electron chi connectivity index (χ2n) is 4.09. The Kier molecular flexibility index (Phi) is 5.17. The number of nitrogens with two attached hydrogens (primary N) is 1. The first kappa shape index (κ1) is 14.2. The van der Waals surface area contributed by atoms with Crippen molar-refractivity contribution in [3.05, 3.63) is 17.9 Å². The van der Waals surface area contributed by atoms with Crippen molar-refractivity contribution in [2.75, 3.05) is 0 Å². The maximum atomic E-state index is 11.9. The average molecular weight is 260 g/mol. The summed E-state index contributed by atoms with van der Waals surface area (Å²) in [5.41, 5.74) is 5.36. The molecule has 1 heterocycles. The first-order valence-corrected chi connectivity index (χ1v) is 7.29. The molecule has 0 aromatic carbocycles. The molecule has 5 nitrogen and oxygen atoms in total. The number of hydrogen-bond donors (Lipinski definition) is 2. The molecule has 1 aromatic rings. The van der Waals surface area contributed by atoms with E-state index in [4.69, 9.17) is 10.2 Å². The molecule has 1 atom stereocenters. The molecule has 0 fully saturated rings. The quantitative estimate of drug-likeness (QED) is 0.779. The third-order valence-corrected chi connectivity index (χ3v) is 3.91. The van der Waals surface area contributed by atoms with Gasteiger partial charge in [0, 0.05) is 6.04 Å². The van der Waals surface area contributed by atoms with Crippen molar-refractivity contribution in [2.24, 2.45) is 5.73 Å². The second kappa shape index (κ2) is 6.18. The van der Waals surface area contributed by atoms with Crippen LogP contribution in [0.15, 0.2) is 21.6 Å². The zero-order valence-electron chi connectivity index (χ0n) is 10.3. The number of sulfonamides is 1. The van der Waals surface area contributed by atoms with Gasteiger partial charge < -0.3 is 10.2 Å². The van der Waals surface area contributed by atoms with Crippen LogP contribution in [0.2, 0.25) is 0 Å². The molecule has 3 N–H and O–H groups in total. The summed E-state index contributed by atoms with van der Waals surface area (Å²) in [5.74, 6) is 0.464. The summed E-state index contributed by atoms with van der Waals surface area (Å²) in [7, 11) is -3.55. The van der Waals surface area contributed by atoms with Crippen molar-refractivity contribution in [3.63, 3.8) is 0 Å². The van der Waals surface area contributed by atoms with Crippen LogP contribution in [0.25, 0.3) is 0 Å². The van der Waals surface area contributed by atoms with E-state index >= 15 is 0 Å². The van der Waals surface area contributed by atoms with Gasteiger partial charge in [-0.15, -0.1) is 0 Å². The maximum absolute atomic E-state index is 11.9. The molecule has 0 saturated heterocycles. The lowest BCUT2D eigenvalue weighted by molar-refractivity contribution is 0.409. The summed E-state index contributed by atoms with van der Waals surface area (Å²) in [6, 6.07) is 2.91. The van der Waals surface area contributed by atoms with E-state index in [1.54, 1.807) is 6.07 Å². The van der Waals surface area contributed by atoms with E-state index in [1.165, 1.54) is 6.07 Å². The van der Waals surface area contributed by atoms with Crippen molar-refractivity contribution in [2.45, 2.75) is 50.8 Å². The highest BCUT2D eigenvalue weighted by atomic mass is 32.2. The van der Waals surface area contributed by atoms with Gasteiger partial charge in [0.15, 0.2) is 0 Å². The largest absolute Gasteiger partial charge is 0.447 e. The molecule has 0 saturated carbocycles. The number of unbranched alkanes of at least 4 members (excludes halogenated alkanes) is 1. The van der Waals surface area contributed by atoms with E-state index in [9.17, 15) is 8.42 Å². The van der Waals surface area contributed by atoms with Crippen LogP contribution in [0, 0.1) is 0 Å². The topological polar surface area (TPSA) is 85.3 Å². The van der Waals surface area contributed by atoms with Gasteiger partial charge in [0.25, 0.3) is 10.0 Å². The van der Waals surface area contributed by atoms with E-state index in [0.717, 1.165) is 19.3 Å². The Morgan fingerprint density at radius 3 is 2.71 bits per heavy atom. The fraction of sp³-hybridized carbons (Fsp3) is 0.636. The van der Waals surface area contributed by atoms with Crippen molar-refractivity contribution in [3.8, 4) is 0 Å². The van der Waals surface area contributed by atoms with Crippen molar-refractivity contribution in [1.82, 2.24) is 4.72 Å². The minimum atomic E-state index is -3.55. The van der Waals surface area contributed by atoms with Gasteiger partial charge in [-0.05, 0) is 25.5 Å². The summed E-state index contributed by atoms with van der Waals surface area (Å²) in [5, 5.41) is -0.0682. The number of hydrogen-bond acceptors (Lipinski definition) is 4. The molecule has 0 spiro atoms. The monoisotopic (exact) mass is 260 g/mol. The van der Waals surface area contributed by atoms with Crippen LogP contribution in [0.5, 0.6) is 0 Å². The average Bonchev–Trinajstić information content (AvgIpc) is 2.75. The predicted octanol–water partition coefficient (Wildman–Crippen LogP) is 1.60.